The fraction of sp³-hybridized carbons (Fsp3) is 0.600. The molecule has 1 atom stereocenters. The van der Waals surface area contributed by atoms with E-state index in [-0.39, 0.29) is 6.04 Å². The van der Waals surface area contributed by atoms with E-state index < -0.39 is 0 Å². The van der Waals surface area contributed by atoms with Gasteiger partial charge in [-0.3, -0.25) is 0 Å². The van der Waals surface area contributed by atoms with Crippen LogP contribution in [0.25, 0.3) is 0 Å². The van der Waals surface area contributed by atoms with E-state index in [4.69, 9.17) is 5.73 Å². The molecule has 1 aliphatic carbocycles. The smallest absolute Gasteiger partial charge is 0.0414 e. The summed E-state index contributed by atoms with van der Waals surface area (Å²) in [5, 5.41) is 0. The zero-order valence-corrected chi connectivity index (χ0v) is 11.0. The Morgan fingerprint density at radius 1 is 1.29 bits per heavy atom. The number of hydrogen-bond donors (Lipinski definition) is 1. The largest absolute Gasteiger partial charge is 0.371 e. The summed E-state index contributed by atoms with van der Waals surface area (Å²) in [5.74, 6) is 0.917. The van der Waals surface area contributed by atoms with Crippen LogP contribution >= 0.6 is 0 Å². The van der Waals surface area contributed by atoms with Gasteiger partial charge in [0.25, 0.3) is 0 Å². The van der Waals surface area contributed by atoms with Gasteiger partial charge in [-0.05, 0) is 43.7 Å². The highest BCUT2D eigenvalue weighted by atomic mass is 15.1. The van der Waals surface area contributed by atoms with Crippen LogP contribution in [0.4, 0.5) is 5.69 Å². The number of nitrogens with two attached hydrogens (primary N) is 1. The van der Waals surface area contributed by atoms with E-state index in [9.17, 15) is 0 Å². The molecule has 1 aliphatic rings. The molecule has 17 heavy (non-hydrogen) atoms. The molecule has 1 fully saturated rings. The van der Waals surface area contributed by atoms with E-state index in [2.05, 4.69) is 43.0 Å². The van der Waals surface area contributed by atoms with Crippen molar-refractivity contribution in [2.75, 3.05) is 18.0 Å². The first kappa shape index (κ1) is 12.4. The molecule has 2 nitrogen and oxygen atoms in total. The van der Waals surface area contributed by atoms with Gasteiger partial charge >= 0.3 is 0 Å². The van der Waals surface area contributed by atoms with E-state index in [1.165, 1.54) is 30.6 Å². The lowest BCUT2D eigenvalue weighted by atomic mass is 10.0. The number of hydrogen-bond acceptors (Lipinski definition) is 2. The molecule has 0 radical (unpaired) electrons. The second-order valence-electron chi connectivity index (χ2n) is 5.06. The van der Waals surface area contributed by atoms with E-state index in [0.717, 1.165) is 18.9 Å². The molecule has 2 rings (SSSR count). The van der Waals surface area contributed by atoms with Crippen molar-refractivity contribution in [1.82, 2.24) is 0 Å². The first-order chi connectivity index (χ1) is 8.26. The molecule has 0 spiro atoms. The second-order valence-corrected chi connectivity index (χ2v) is 5.06. The molecule has 0 saturated heterocycles. The normalized spacial score (nSPS) is 16.9. The molecule has 1 aromatic rings. The third-order valence-corrected chi connectivity index (χ3v) is 3.67. The van der Waals surface area contributed by atoms with Gasteiger partial charge in [-0.25, -0.2) is 0 Å². The maximum Gasteiger partial charge on any atom is 0.0414 e. The van der Waals surface area contributed by atoms with Crippen LogP contribution in [-0.2, 0) is 0 Å². The summed E-state index contributed by atoms with van der Waals surface area (Å²) >= 11 is 0. The van der Waals surface area contributed by atoms with E-state index in [1.54, 1.807) is 0 Å². The highest BCUT2D eigenvalue weighted by Crippen LogP contribution is 2.33. The van der Waals surface area contributed by atoms with Crippen LogP contribution < -0.4 is 10.6 Å². The Morgan fingerprint density at radius 2 is 2.00 bits per heavy atom. The van der Waals surface area contributed by atoms with Crippen molar-refractivity contribution in [3.63, 3.8) is 0 Å². The van der Waals surface area contributed by atoms with Crippen molar-refractivity contribution in [2.24, 2.45) is 11.7 Å². The fourth-order valence-electron chi connectivity index (χ4n) is 2.32. The molecule has 2 heteroatoms. The Balaban J connectivity index is 2.21. The topological polar surface area (TPSA) is 29.3 Å². The minimum absolute atomic E-state index is 0.166. The van der Waals surface area contributed by atoms with Crippen molar-refractivity contribution < 1.29 is 0 Å². The predicted molar refractivity (Wildman–Crippen MR) is 74.3 cm³/mol. The lowest BCUT2D eigenvalue weighted by Crippen LogP contribution is -2.27. The Bertz CT molecular complexity index is 358. The quantitative estimate of drug-likeness (QED) is 0.815. The van der Waals surface area contributed by atoms with Gasteiger partial charge in [-0.15, -0.1) is 0 Å². The predicted octanol–water partition coefficient (Wildman–Crippen LogP) is 3.33. The molecule has 1 saturated carbocycles. The Labute approximate surface area is 105 Å². The molecule has 0 bridgehead atoms. The average molecular weight is 232 g/mol. The molecule has 0 heterocycles. The summed E-state index contributed by atoms with van der Waals surface area (Å²) in [4.78, 5) is 2.49. The first-order valence-corrected chi connectivity index (χ1v) is 6.85. The maximum atomic E-state index is 6.21. The first-order valence-electron chi connectivity index (χ1n) is 6.85. The monoisotopic (exact) mass is 232 g/mol. The number of para-hydroxylation sites is 1. The number of rotatable bonds is 6. The zero-order chi connectivity index (χ0) is 12.3. The van der Waals surface area contributed by atoms with Gasteiger partial charge in [0.15, 0.2) is 0 Å². The van der Waals surface area contributed by atoms with E-state index in [1.807, 2.05) is 0 Å². The SMILES string of the molecule is CCC(N)c1ccccc1N(CC)CC1CC1. The van der Waals surface area contributed by atoms with Crippen molar-refractivity contribution >= 4 is 5.69 Å². The highest BCUT2D eigenvalue weighted by molar-refractivity contribution is 5.55. The fourth-order valence-corrected chi connectivity index (χ4v) is 2.32. The summed E-state index contributed by atoms with van der Waals surface area (Å²) in [6, 6.07) is 8.78. The maximum absolute atomic E-state index is 6.21. The molecular formula is C15H24N2. The average Bonchev–Trinajstić information content (AvgIpc) is 3.19. The number of benzene rings is 1. The van der Waals surface area contributed by atoms with Gasteiger partial charge in [0.05, 0.1) is 0 Å². The minimum Gasteiger partial charge on any atom is -0.371 e. The highest BCUT2D eigenvalue weighted by Gasteiger charge is 2.25. The van der Waals surface area contributed by atoms with E-state index >= 15 is 0 Å². The van der Waals surface area contributed by atoms with Crippen LogP contribution in [0.5, 0.6) is 0 Å². The lowest BCUT2D eigenvalue weighted by molar-refractivity contribution is 0.681. The molecule has 0 amide bonds. The minimum atomic E-state index is 0.166. The van der Waals surface area contributed by atoms with Crippen LogP contribution in [0.2, 0.25) is 0 Å². The van der Waals surface area contributed by atoms with E-state index in [0.29, 0.717) is 0 Å². The van der Waals surface area contributed by atoms with Crippen LogP contribution in [0, 0.1) is 5.92 Å². The Hall–Kier alpha value is -1.02. The van der Waals surface area contributed by atoms with Gasteiger partial charge in [0, 0.05) is 24.8 Å². The molecule has 1 aromatic carbocycles. The van der Waals surface area contributed by atoms with Crippen LogP contribution in [0.15, 0.2) is 24.3 Å². The Morgan fingerprint density at radius 3 is 2.59 bits per heavy atom. The van der Waals surface area contributed by atoms with Crippen molar-refractivity contribution in [2.45, 2.75) is 39.2 Å². The molecule has 2 N–H and O–H groups in total. The lowest BCUT2D eigenvalue weighted by Gasteiger charge is -2.27. The summed E-state index contributed by atoms with van der Waals surface area (Å²) in [6.07, 6.45) is 3.80. The van der Waals surface area contributed by atoms with Gasteiger partial charge in [-0.1, -0.05) is 25.1 Å². The number of nitrogens with zero attached hydrogens (tertiary/aromatic N) is 1. The summed E-state index contributed by atoms with van der Waals surface area (Å²) in [7, 11) is 0. The third kappa shape index (κ3) is 3.01. The van der Waals surface area contributed by atoms with Crippen LogP contribution in [0.1, 0.15) is 44.7 Å². The summed E-state index contributed by atoms with van der Waals surface area (Å²) in [5.41, 5.74) is 8.85. The summed E-state index contributed by atoms with van der Waals surface area (Å²) in [6.45, 7) is 6.66. The molecular weight excluding hydrogens is 208 g/mol. The standard InChI is InChI=1S/C15H24N2/c1-3-14(16)13-7-5-6-8-15(13)17(4-2)11-12-9-10-12/h5-8,12,14H,3-4,9-11,16H2,1-2H3. The Kier molecular flexibility index (Phi) is 4.06. The van der Waals surface area contributed by atoms with Gasteiger partial charge in [0.1, 0.15) is 0 Å². The van der Waals surface area contributed by atoms with Crippen LogP contribution in [0.3, 0.4) is 0 Å². The molecule has 0 aromatic heterocycles. The number of anilines is 1. The molecule has 0 aliphatic heterocycles. The summed E-state index contributed by atoms with van der Waals surface area (Å²) < 4.78 is 0. The molecule has 1 unspecified atom stereocenters. The van der Waals surface area contributed by atoms with Crippen molar-refractivity contribution in [3.05, 3.63) is 29.8 Å². The van der Waals surface area contributed by atoms with Crippen molar-refractivity contribution in [1.29, 1.82) is 0 Å². The molecule has 94 valence electrons. The van der Waals surface area contributed by atoms with Crippen LogP contribution in [-0.4, -0.2) is 13.1 Å². The zero-order valence-electron chi connectivity index (χ0n) is 11.0. The second kappa shape index (κ2) is 5.54. The third-order valence-electron chi connectivity index (χ3n) is 3.67. The van der Waals surface area contributed by atoms with Gasteiger partial charge in [-0.2, -0.15) is 0 Å². The van der Waals surface area contributed by atoms with Gasteiger partial charge < -0.3 is 10.6 Å². The van der Waals surface area contributed by atoms with Gasteiger partial charge in [0.2, 0.25) is 0 Å². The van der Waals surface area contributed by atoms with Crippen molar-refractivity contribution in [3.8, 4) is 0 Å².